The molecule has 1 aromatic carbocycles. The van der Waals surface area contributed by atoms with E-state index in [1.807, 2.05) is 31.3 Å². The van der Waals surface area contributed by atoms with Crippen LogP contribution in [0.4, 0.5) is 0 Å². The molecular weight excluding hydrogens is 302 g/mol. The minimum absolute atomic E-state index is 0.127. The van der Waals surface area contributed by atoms with Gasteiger partial charge in [-0.05, 0) is 30.4 Å². The average molecular weight is 327 g/mol. The first-order chi connectivity index (χ1) is 11.5. The fourth-order valence-electron chi connectivity index (χ4n) is 3.38. The number of carbonyl (C=O) groups excluding carboxylic acids is 1. The van der Waals surface area contributed by atoms with E-state index >= 15 is 0 Å². The average Bonchev–Trinajstić information content (AvgIpc) is 2.95. The molecule has 3 rings (SSSR count). The third kappa shape index (κ3) is 3.04. The van der Waals surface area contributed by atoms with Crippen LogP contribution in [0.25, 0.3) is 10.9 Å². The summed E-state index contributed by atoms with van der Waals surface area (Å²) >= 11 is 0. The number of hydrogen-bond acceptors (Lipinski definition) is 3. The van der Waals surface area contributed by atoms with Gasteiger partial charge >= 0.3 is 0 Å². The number of allylic oxidation sites excluding steroid dienone is 2. The second-order valence-electron chi connectivity index (χ2n) is 6.79. The highest BCUT2D eigenvalue weighted by atomic mass is 16.5. The van der Waals surface area contributed by atoms with Gasteiger partial charge in [0, 0.05) is 29.2 Å². The monoisotopic (exact) mass is 327 g/mol. The van der Waals surface area contributed by atoms with Gasteiger partial charge in [-0.15, -0.1) is 0 Å². The maximum absolute atomic E-state index is 12.4. The summed E-state index contributed by atoms with van der Waals surface area (Å²) in [6.07, 6.45) is 3.86. The Labute approximate surface area is 142 Å². The SMILES string of the molecule is CCC1=C(Cc2c[nH]c3ccccc23)NC(=O)C(CC(C)C)N1O. The Morgan fingerprint density at radius 1 is 1.29 bits per heavy atom. The Morgan fingerprint density at radius 3 is 2.75 bits per heavy atom. The molecule has 1 atom stereocenters. The summed E-state index contributed by atoms with van der Waals surface area (Å²) in [5.41, 5.74) is 3.77. The number of fused-ring (bicyclic) bond motifs is 1. The maximum atomic E-state index is 12.4. The molecule has 1 amide bonds. The van der Waals surface area contributed by atoms with Crippen molar-refractivity contribution in [3.05, 3.63) is 47.4 Å². The molecule has 0 fully saturated rings. The van der Waals surface area contributed by atoms with Crippen LogP contribution in [0, 0.1) is 5.92 Å². The van der Waals surface area contributed by atoms with Crippen LogP contribution in [-0.4, -0.2) is 27.2 Å². The normalized spacial score (nSPS) is 18.6. The lowest BCUT2D eigenvalue weighted by Crippen LogP contribution is -2.51. The fraction of sp³-hybridized carbons (Fsp3) is 0.421. The van der Waals surface area contributed by atoms with Crippen molar-refractivity contribution in [2.24, 2.45) is 5.92 Å². The summed E-state index contributed by atoms with van der Waals surface area (Å²) in [7, 11) is 0. The molecule has 2 aromatic rings. The predicted molar refractivity (Wildman–Crippen MR) is 94.3 cm³/mol. The van der Waals surface area contributed by atoms with Gasteiger partial charge < -0.3 is 10.3 Å². The number of nitrogens with zero attached hydrogens (tertiary/aromatic N) is 1. The van der Waals surface area contributed by atoms with Crippen molar-refractivity contribution in [1.82, 2.24) is 15.4 Å². The van der Waals surface area contributed by atoms with Crippen LogP contribution >= 0.6 is 0 Å². The van der Waals surface area contributed by atoms with Gasteiger partial charge in [-0.3, -0.25) is 10.0 Å². The zero-order chi connectivity index (χ0) is 17.3. The van der Waals surface area contributed by atoms with Crippen LogP contribution in [0.3, 0.4) is 0 Å². The number of benzene rings is 1. The Kier molecular flexibility index (Phi) is 4.62. The highest BCUT2D eigenvalue weighted by Crippen LogP contribution is 2.27. The topological polar surface area (TPSA) is 68.4 Å². The van der Waals surface area contributed by atoms with Crippen molar-refractivity contribution >= 4 is 16.8 Å². The number of aromatic nitrogens is 1. The lowest BCUT2D eigenvalue weighted by molar-refractivity contribution is -0.150. The summed E-state index contributed by atoms with van der Waals surface area (Å²) in [5.74, 6) is 0.210. The summed E-state index contributed by atoms with van der Waals surface area (Å²) < 4.78 is 0. The van der Waals surface area contributed by atoms with E-state index in [1.165, 1.54) is 5.06 Å². The zero-order valence-electron chi connectivity index (χ0n) is 14.5. The number of nitrogens with one attached hydrogen (secondary N) is 2. The molecule has 0 saturated heterocycles. The van der Waals surface area contributed by atoms with Gasteiger partial charge in [-0.1, -0.05) is 39.0 Å². The molecule has 1 aliphatic heterocycles. The highest BCUT2D eigenvalue weighted by molar-refractivity contribution is 5.86. The van der Waals surface area contributed by atoms with Crippen molar-refractivity contribution in [3.63, 3.8) is 0 Å². The molecule has 5 nitrogen and oxygen atoms in total. The minimum Gasteiger partial charge on any atom is -0.361 e. The lowest BCUT2D eigenvalue weighted by Gasteiger charge is -2.36. The lowest BCUT2D eigenvalue weighted by atomic mass is 9.98. The number of para-hydroxylation sites is 1. The first-order valence-electron chi connectivity index (χ1n) is 8.57. The second-order valence-corrected chi connectivity index (χ2v) is 6.79. The summed E-state index contributed by atoms with van der Waals surface area (Å²) in [5, 5.41) is 15.9. The van der Waals surface area contributed by atoms with Crippen LogP contribution < -0.4 is 5.32 Å². The van der Waals surface area contributed by atoms with Crippen LogP contribution in [0.2, 0.25) is 0 Å². The molecule has 128 valence electrons. The van der Waals surface area contributed by atoms with Gasteiger partial charge in [0.2, 0.25) is 5.91 Å². The molecule has 1 aromatic heterocycles. The van der Waals surface area contributed by atoms with Crippen molar-refractivity contribution in [1.29, 1.82) is 0 Å². The van der Waals surface area contributed by atoms with E-state index in [9.17, 15) is 10.0 Å². The largest absolute Gasteiger partial charge is 0.361 e. The van der Waals surface area contributed by atoms with E-state index in [2.05, 4.69) is 30.2 Å². The quantitative estimate of drug-likeness (QED) is 0.786. The molecule has 1 unspecified atom stereocenters. The van der Waals surface area contributed by atoms with Gasteiger partial charge in [0.1, 0.15) is 6.04 Å². The second kappa shape index (κ2) is 6.69. The number of hydrogen-bond donors (Lipinski definition) is 3. The van der Waals surface area contributed by atoms with E-state index in [-0.39, 0.29) is 5.91 Å². The van der Waals surface area contributed by atoms with Gasteiger partial charge in [0.25, 0.3) is 0 Å². The van der Waals surface area contributed by atoms with Crippen molar-refractivity contribution in [3.8, 4) is 0 Å². The molecule has 0 saturated carbocycles. The smallest absolute Gasteiger partial charge is 0.249 e. The van der Waals surface area contributed by atoms with Crippen LogP contribution in [0.5, 0.6) is 0 Å². The Bertz CT molecular complexity index is 776. The molecule has 24 heavy (non-hydrogen) atoms. The number of rotatable bonds is 5. The van der Waals surface area contributed by atoms with Gasteiger partial charge in [0.05, 0.1) is 5.70 Å². The zero-order valence-corrected chi connectivity index (χ0v) is 14.5. The van der Waals surface area contributed by atoms with E-state index in [0.717, 1.165) is 27.9 Å². The van der Waals surface area contributed by atoms with Crippen LogP contribution in [0.1, 0.15) is 39.2 Å². The first kappa shape index (κ1) is 16.6. The minimum atomic E-state index is -0.508. The molecule has 1 aliphatic rings. The van der Waals surface area contributed by atoms with E-state index in [1.54, 1.807) is 0 Å². The Balaban J connectivity index is 1.92. The standard InChI is InChI=1S/C19H25N3O2/c1-4-17-16(21-19(23)18(22(17)24)9-12(2)3)10-13-11-20-15-8-6-5-7-14(13)15/h5-8,11-12,18,20,24H,4,9-10H2,1-3H3,(H,21,23). The van der Waals surface area contributed by atoms with Crippen molar-refractivity contribution in [2.75, 3.05) is 0 Å². The number of aromatic amines is 1. The Morgan fingerprint density at radius 2 is 2.04 bits per heavy atom. The third-order valence-electron chi connectivity index (χ3n) is 4.57. The molecule has 3 N–H and O–H groups in total. The van der Waals surface area contributed by atoms with Crippen molar-refractivity contribution < 1.29 is 10.0 Å². The number of H-pyrrole nitrogens is 1. The highest BCUT2D eigenvalue weighted by Gasteiger charge is 2.33. The molecule has 0 bridgehead atoms. The molecule has 0 spiro atoms. The summed E-state index contributed by atoms with van der Waals surface area (Å²) in [6, 6.07) is 7.59. The van der Waals surface area contributed by atoms with Gasteiger partial charge in [-0.25, -0.2) is 5.06 Å². The van der Waals surface area contributed by atoms with E-state index in [4.69, 9.17) is 0 Å². The number of hydroxylamine groups is 2. The van der Waals surface area contributed by atoms with Gasteiger partial charge in [0.15, 0.2) is 0 Å². The number of carbonyl (C=O) groups is 1. The van der Waals surface area contributed by atoms with Gasteiger partial charge in [-0.2, -0.15) is 0 Å². The molecule has 0 aliphatic carbocycles. The summed E-state index contributed by atoms with van der Waals surface area (Å²) in [4.78, 5) is 15.7. The molecule has 2 heterocycles. The molecule has 5 heteroatoms. The predicted octanol–water partition coefficient (Wildman–Crippen LogP) is 3.57. The Hall–Kier alpha value is -2.27. The van der Waals surface area contributed by atoms with E-state index in [0.29, 0.717) is 25.2 Å². The van der Waals surface area contributed by atoms with Crippen LogP contribution in [0.15, 0.2) is 41.9 Å². The first-order valence-corrected chi connectivity index (χ1v) is 8.57. The van der Waals surface area contributed by atoms with Crippen molar-refractivity contribution in [2.45, 2.75) is 46.1 Å². The third-order valence-corrected chi connectivity index (χ3v) is 4.57. The van der Waals surface area contributed by atoms with E-state index < -0.39 is 6.04 Å². The van der Waals surface area contributed by atoms with Crippen LogP contribution in [-0.2, 0) is 11.2 Å². The molecule has 0 radical (unpaired) electrons. The fourth-order valence-corrected chi connectivity index (χ4v) is 3.38. The number of amides is 1. The maximum Gasteiger partial charge on any atom is 0.249 e. The molecular formula is C19H25N3O2. The summed E-state index contributed by atoms with van der Waals surface area (Å²) in [6.45, 7) is 6.10.